The number of anilines is 1. The number of pyridine rings is 1. The Morgan fingerprint density at radius 2 is 2.12 bits per heavy atom. The quantitative estimate of drug-likeness (QED) is 0.532. The molecule has 0 bridgehead atoms. The zero-order valence-corrected chi connectivity index (χ0v) is 14.0. The largest absolute Gasteiger partial charge is 0.350 e. The number of aromatic nitrogens is 2. The predicted molar refractivity (Wildman–Crippen MR) is 98.8 cm³/mol. The molecule has 4 rings (SSSR count). The smallest absolute Gasteiger partial charge is 0.272 e. The number of nitrogens with one attached hydrogen (secondary N) is 2. The minimum absolute atomic E-state index is 0.210. The molecule has 0 atom stereocenters. The Morgan fingerprint density at radius 3 is 2.88 bits per heavy atom. The van der Waals surface area contributed by atoms with Gasteiger partial charge < -0.3 is 10.3 Å². The second-order valence-electron chi connectivity index (χ2n) is 5.24. The fourth-order valence-electron chi connectivity index (χ4n) is 2.64. The molecular weight excluding hydrogens is 342 g/mol. The summed E-state index contributed by atoms with van der Waals surface area (Å²) in [6.45, 7) is 0. The highest BCUT2D eigenvalue weighted by Gasteiger charge is 2.20. The van der Waals surface area contributed by atoms with Gasteiger partial charge in [0.05, 0.1) is 11.9 Å². The molecule has 6 heteroatoms. The van der Waals surface area contributed by atoms with Crippen molar-refractivity contribution in [1.82, 2.24) is 9.97 Å². The molecule has 3 heterocycles. The van der Waals surface area contributed by atoms with E-state index < -0.39 is 0 Å². The number of H-pyrrole nitrogens is 1. The van der Waals surface area contributed by atoms with E-state index in [1.807, 2.05) is 29.6 Å². The molecule has 4 nitrogen and oxygen atoms in total. The van der Waals surface area contributed by atoms with Crippen LogP contribution in [0.3, 0.4) is 0 Å². The summed E-state index contributed by atoms with van der Waals surface area (Å²) in [5.41, 5.74) is 2.90. The van der Waals surface area contributed by atoms with Gasteiger partial charge in [0.1, 0.15) is 5.69 Å². The van der Waals surface area contributed by atoms with Crippen molar-refractivity contribution in [3.8, 4) is 10.4 Å². The number of fused-ring (bicyclic) bond motifs is 1. The van der Waals surface area contributed by atoms with Gasteiger partial charge in [-0.3, -0.25) is 9.78 Å². The highest BCUT2D eigenvalue weighted by molar-refractivity contribution is 7.13. The number of carbonyl (C=O) groups excluding carboxylic acids is 1. The number of aromatic amines is 1. The number of thiophene rings is 1. The molecule has 0 saturated carbocycles. The van der Waals surface area contributed by atoms with Crippen molar-refractivity contribution >= 4 is 45.4 Å². The molecule has 118 valence electrons. The number of hydrogen-bond donors (Lipinski definition) is 2. The lowest BCUT2D eigenvalue weighted by Crippen LogP contribution is -2.13. The van der Waals surface area contributed by atoms with Crippen LogP contribution in [0.25, 0.3) is 21.3 Å². The number of halogens is 1. The summed E-state index contributed by atoms with van der Waals surface area (Å²) < 4.78 is 0. The highest BCUT2D eigenvalue weighted by atomic mass is 35.5. The average molecular weight is 354 g/mol. The van der Waals surface area contributed by atoms with E-state index in [1.54, 1.807) is 41.9 Å². The molecule has 0 unspecified atom stereocenters. The van der Waals surface area contributed by atoms with E-state index in [2.05, 4.69) is 15.3 Å². The minimum atomic E-state index is -0.210. The third kappa shape index (κ3) is 2.68. The fourth-order valence-corrected chi connectivity index (χ4v) is 3.60. The summed E-state index contributed by atoms with van der Waals surface area (Å²) in [4.78, 5) is 21.0. The fraction of sp³-hybridized carbons (Fsp3) is 0. The molecule has 0 aliphatic carbocycles. The molecule has 4 aromatic rings. The van der Waals surface area contributed by atoms with Crippen LogP contribution in [0.2, 0.25) is 5.02 Å². The SMILES string of the molecule is O=C(Nc1cccnc1)c1[nH]c2ccc(Cl)cc2c1-c1cccs1. The van der Waals surface area contributed by atoms with Crippen LogP contribution in [0.15, 0.2) is 60.2 Å². The van der Waals surface area contributed by atoms with Gasteiger partial charge in [-0.15, -0.1) is 11.3 Å². The topological polar surface area (TPSA) is 57.8 Å². The molecule has 24 heavy (non-hydrogen) atoms. The number of hydrogen-bond acceptors (Lipinski definition) is 3. The average Bonchev–Trinajstić information content (AvgIpc) is 3.22. The third-order valence-electron chi connectivity index (χ3n) is 3.67. The number of rotatable bonds is 3. The van der Waals surface area contributed by atoms with E-state index in [1.165, 1.54) is 0 Å². The minimum Gasteiger partial charge on any atom is -0.350 e. The molecule has 0 spiro atoms. The van der Waals surface area contributed by atoms with Gasteiger partial charge in [0, 0.05) is 32.6 Å². The summed E-state index contributed by atoms with van der Waals surface area (Å²) >= 11 is 7.74. The number of amides is 1. The molecule has 0 aliphatic heterocycles. The predicted octanol–water partition coefficient (Wildman–Crippen LogP) is 5.20. The van der Waals surface area contributed by atoms with Gasteiger partial charge >= 0.3 is 0 Å². The molecular formula is C18H12ClN3OS. The van der Waals surface area contributed by atoms with E-state index in [-0.39, 0.29) is 5.91 Å². The van der Waals surface area contributed by atoms with Gasteiger partial charge in [-0.2, -0.15) is 0 Å². The van der Waals surface area contributed by atoms with Gasteiger partial charge in [0.25, 0.3) is 5.91 Å². The molecule has 0 fully saturated rings. The van der Waals surface area contributed by atoms with Crippen molar-refractivity contribution < 1.29 is 4.79 Å². The van der Waals surface area contributed by atoms with E-state index in [0.29, 0.717) is 16.4 Å². The van der Waals surface area contributed by atoms with E-state index >= 15 is 0 Å². The molecule has 1 amide bonds. The van der Waals surface area contributed by atoms with Gasteiger partial charge in [-0.1, -0.05) is 17.7 Å². The van der Waals surface area contributed by atoms with Crippen molar-refractivity contribution in [2.24, 2.45) is 0 Å². The van der Waals surface area contributed by atoms with Crippen LogP contribution >= 0.6 is 22.9 Å². The van der Waals surface area contributed by atoms with Crippen molar-refractivity contribution in [3.63, 3.8) is 0 Å². The zero-order valence-electron chi connectivity index (χ0n) is 12.4. The van der Waals surface area contributed by atoms with E-state index in [0.717, 1.165) is 21.3 Å². The molecule has 0 saturated heterocycles. The first-order valence-corrected chi connectivity index (χ1v) is 8.54. The van der Waals surface area contributed by atoms with Crippen molar-refractivity contribution in [3.05, 3.63) is 71.0 Å². The molecule has 1 aromatic carbocycles. The lowest BCUT2D eigenvalue weighted by atomic mass is 10.1. The summed E-state index contributed by atoms with van der Waals surface area (Å²) in [5.74, 6) is -0.210. The molecule has 0 aliphatic rings. The summed E-state index contributed by atoms with van der Waals surface area (Å²) in [6.07, 6.45) is 3.28. The van der Waals surface area contributed by atoms with Crippen LogP contribution < -0.4 is 5.32 Å². The van der Waals surface area contributed by atoms with Crippen LogP contribution in [0.4, 0.5) is 5.69 Å². The van der Waals surface area contributed by atoms with Crippen LogP contribution in [0.1, 0.15) is 10.5 Å². The lowest BCUT2D eigenvalue weighted by Gasteiger charge is -2.05. The maximum atomic E-state index is 12.8. The third-order valence-corrected chi connectivity index (χ3v) is 4.80. The Labute approximate surface area is 147 Å². The first kappa shape index (κ1) is 14.9. The first-order chi connectivity index (χ1) is 11.7. The maximum absolute atomic E-state index is 12.8. The summed E-state index contributed by atoms with van der Waals surface area (Å²) in [5, 5.41) is 6.43. The van der Waals surface area contributed by atoms with Gasteiger partial charge in [0.15, 0.2) is 0 Å². The summed E-state index contributed by atoms with van der Waals surface area (Å²) in [7, 11) is 0. The standard InChI is InChI=1S/C18H12ClN3OS/c19-11-5-6-14-13(9-11)16(15-4-2-8-24-15)17(22-14)18(23)21-12-3-1-7-20-10-12/h1-10,22H,(H,21,23). The number of carbonyl (C=O) groups is 1. The van der Waals surface area contributed by atoms with Crippen LogP contribution in [0.5, 0.6) is 0 Å². The highest BCUT2D eigenvalue weighted by Crippen LogP contribution is 2.36. The van der Waals surface area contributed by atoms with Gasteiger partial charge in [-0.25, -0.2) is 0 Å². The lowest BCUT2D eigenvalue weighted by molar-refractivity contribution is 0.102. The second kappa shape index (κ2) is 6.11. The Balaban J connectivity index is 1.85. The molecule has 2 N–H and O–H groups in total. The van der Waals surface area contributed by atoms with Crippen molar-refractivity contribution in [1.29, 1.82) is 0 Å². The monoisotopic (exact) mass is 353 g/mol. The van der Waals surface area contributed by atoms with Crippen molar-refractivity contribution in [2.45, 2.75) is 0 Å². The first-order valence-electron chi connectivity index (χ1n) is 7.29. The zero-order chi connectivity index (χ0) is 16.5. The Bertz CT molecular complexity index is 1010. The second-order valence-corrected chi connectivity index (χ2v) is 6.62. The number of nitrogens with zero attached hydrogens (tertiary/aromatic N) is 1. The van der Waals surface area contributed by atoms with Crippen LogP contribution in [-0.2, 0) is 0 Å². The van der Waals surface area contributed by atoms with Gasteiger partial charge in [0.2, 0.25) is 0 Å². The Hall–Kier alpha value is -2.63. The Morgan fingerprint density at radius 1 is 1.21 bits per heavy atom. The number of benzene rings is 1. The van der Waals surface area contributed by atoms with E-state index in [9.17, 15) is 4.79 Å². The molecule has 3 aromatic heterocycles. The van der Waals surface area contributed by atoms with Crippen LogP contribution in [0, 0.1) is 0 Å². The van der Waals surface area contributed by atoms with Crippen LogP contribution in [-0.4, -0.2) is 15.9 Å². The van der Waals surface area contributed by atoms with Crippen molar-refractivity contribution in [2.75, 3.05) is 5.32 Å². The normalized spacial score (nSPS) is 10.9. The maximum Gasteiger partial charge on any atom is 0.272 e. The molecule has 0 radical (unpaired) electrons. The Kier molecular flexibility index (Phi) is 3.80. The van der Waals surface area contributed by atoms with E-state index in [4.69, 9.17) is 11.6 Å². The summed E-state index contributed by atoms with van der Waals surface area (Å²) in [6, 6.07) is 13.1. The van der Waals surface area contributed by atoms with Gasteiger partial charge in [-0.05, 0) is 41.8 Å².